The van der Waals surface area contributed by atoms with Gasteiger partial charge in [0, 0.05) is 11.5 Å². The van der Waals surface area contributed by atoms with Crippen molar-refractivity contribution in [2.75, 3.05) is 5.43 Å². The maximum Gasteiger partial charge on any atom is 0.252 e. The van der Waals surface area contributed by atoms with Gasteiger partial charge in [-0.1, -0.05) is 31.5 Å². The smallest absolute Gasteiger partial charge is 0.252 e. The predicted octanol–water partition coefficient (Wildman–Crippen LogP) is 4.69. The van der Waals surface area contributed by atoms with E-state index in [9.17, 15) is 4.39 Å². The van der Waals surface area contributed by atoms with E-state index in [1.165, 1.54) is 18.3 Å². The zero-order valence-electron chi connectivity index (χ0n) is 12.8. The summed E-state index contributed by atoms with van der Waals surface area (Å²) in [5.41, 5.74) is 2.85. The Morgan fingerprint density at radius 1 is 1.48 bits per heavy atom. The fraction of sp³-hybridized carbons (Fsp3) is 0.312. The van der Waals surface area contributed by atoms with E-state index in [0.717, 1.165) is 12.8 Å². The molecule has 0 spiro atoms. The lowest BCUT2D eigenvalue weighted by Crippen LogP contribution is -1.95. The third-order valence-electron chi connectivity index (χ3n) is 3.44. The van der Waals surface area contributed by atoms with Crippen LogP contribution in [-0.2, 0) is 0 Å². The molecule has 1 aromatic heterocycles. The lowest BCUT2D eigenvalue weighted by Gasteiger charge is -2.05. The van der Waals surface area contributed by atoms with Crippen LogP contribution in [0.1, 0.15) is 49.8 Å². The highest BCUT2D eigenvalue weighted by atomic mass is 35.5. The van der Waals surface area contributed by atoms with Crippen LogP contribution in [-0.4, -0.2) is 11.2 Å². The third-order valence-corrected chi connectivity index (χ3v) is 3.77. The van der Waals surface area contributed by atoms with Gasteiger partial charge in [0.15, 0.2) is 0 Å². The molecule has 0 unspecified atom stereocenters. The number of anilines is 1. The molecule has 0 aliphatic rings. The summed E-state index contributed by atoms with van der Waals surface area (Å²) in [4.78, 5) is 4.17. The molecule has 0 radical (unpaired) electrons. The van der Waals surface area contributed by atoms with Gasteiger partial charge in [0.1, 0.15) is 11.9 Å². The third kappa shape index (κ3) is 3.88. The van der Waals surface area contributed by atoms with E-state index < -0.39 is 5.82 Å². The van der Waals surface area contributed by atoms with Crippen molar-refractivity contribution in [2.24, 2.45) is 5.10 Å². The van der Waals surface area contributed by atoms with Crippen molar-refractivity contribution in [3.8, 4) is 6.07 Å². The van der Waals surface area contributed by atoms with Gasteiger partial charge >= 0.3 is 0 Å². The normalized spacial score (nSPS) is 11.1. The second-order valence-electron chi connectivity index (χ2n) is 4.86. The van der Waals surface area contributed by atoms with Crippen LogP contribution in [0.5, 0.6) is 0 Å². The first-order valence-corrected chi connectivity index (χ1v) is 7.62. The number of hydrazone groups is 1. The van der Waals surface area contributed by atoms with Crippen LogP contribution >= 0.6 is 11.6 Å². The molecular formula is C16H16ClFN4O. The van der Waals surface area contributed by atoms with Crippen molar-refractivity contribution in [3.05, 3.63) is 46.2 Å². The van der Waals surface area contributed by atoms with Gasteiger partial charge in [0.25, 0.3) is 5.88 Å². The summed E-state index contributed by atoms with van der Waals surface area (Å²) in [7, 11) is 0. The molecule has 1 aromatic carbocycles. The van der Waals surface area contributed by atoms with Gasteiger partial charge in [0.2, 0.25) is 11.6 Å². The molecule has 5 nitrogen and oxygen atoms in total. The van der Waals surface area contributed by atoms with Gasteiger partial charge in [-0.3, -0.25) is 0 Å². The number of nitrogens with zero attached hydrogens (tertiary/aromatic N) is 3. The minimum atomic E-state index is -0.487. The number of benzene rings is 1. The molecule has 0 aliphatic carbocycles. The van der Waals surface area contributed by atoms with Crippen LogP contribution in [0.25, 0.3) is 0 Å². The van der Waals surface area contributed by atoms with Crippen molar-refractivity contribution in [1.82, 2.24) is 4.98 Å². The molecule has 120 valence electrons. The van der Waals surface area contributed by atoms with Crippen LogP contribution < -0.4 is 5.43 Å². The molecule has 7 heteroatoms. The number of nitriles is 1. The topological polar surface area (TPSA) is 74.2 Å². The van der Waals surface area contributed by atoms with Gasteiger partial charge in [-0.2, -0.15) is 10.4 Å². The van der Waals surface area contributed by atoms with Crippen LogP contribution in [0.4, 0.5) is 10.3 Å². The Kier molecular flexibility index (Phi) is 5.72. The molecule has 2 rings (SSSR count). The van der Waals surface area contributed by atoms with Crippen LogP contribution in [0, 0.1) is 17.1 Å². The number of oxazole rings is 1. The molecule has 0 fully saturated rings. The molecule has 23 heavy (non-hydrogen) atoms. The first kappa shape index (κ1) is 17.0. The van der Waals surface area contributed by atoms with Gasteiger partial charge in [-0.05, 0) is 25.0 Å². The fourth-order valence-corrected chi connectivity index (χ4v) is 2.30. The fourth-order valence-electron chi connectivity index (χ4n) is 2.09. The molecule has 0 amide bonds. The minimum absolute atomic E-state index is 0.115. The minimum Gasteiger partial charge on any atom is -0.422 e. The molecule has 0 aliphatic heterocycles. The molecule has 1 heterocycles. The Bertz CT molecular complexity index is 727. The molecule has 0 saturated carbocycles. The number of rotatable bonds is 6. The van der Waals surface area contributed by atoms with Crippen LogP contribution in [0.15, 0.2) is 27.7 Å². The van der Waals surface area contributed by atoms with E-state index in [1.54, 1.807) is 6.07 Å². The maximum absolute atomic E-state index is 13.6. The molecular weight excluding hydrogens is 319 g/mol. The van der Waals surface area contributed by atoms with E-state index in [1.807, 2.05) is 19.9 Å². The number of aromatic nitrogens is 1. The number of halogens is 2. The van der Waals surface area contributed by atoms with Crippen molar-refractivity contribution >= 4 is 23.7 Å². The van der Waals surface area contributed by atoms with E-state index in [2.05, 4.69) is 15.5 Å². The molecule has 1 N–H and O–H groups in total. The Hall–Kier alpha value is -2.39. The summed E-state index contributed by atoms with van der Waals surface area (Å²) >= 11 is 5.91. The first-order chi connectivity index (χ1) is 11.1. The zero-order valence-corrected chi connectivity index (χ0v) is 13.6. The Morgan fingerprint density at radius 2 is 2.22 bits per heavy atom. The Morgan fingerprint density at radius 3 is 2.83 bits per heavy atom. The van der Waals surface area contributed by atoms with Crippen molar-refractivity contribution in [1.29, 1.82) is 5.26 Å². The van der Waals surface area contributed by atoms with E-state index in [0.29, 0.717) is 5.89 Å². The van der Waals surface area contributed by atoms with E-state index >= 15 is 0 Å². The van der Waals surface area contributed by atoms with Gasteiger partial charge < -0.3 is 4.42 Å². The highest BCUT2D eigenvalue weighted by molar-refractivity contribution is 6.33. The summed E-state index contributed by atoms with van der Waals surface area (Å²) in [6, 6.07) is 6.30. The first-order valence-electron chi connectivity index (χ1n) is 7.24. The number of nitrogens with one attached hydrogen (secondary N) is 1. The molecule has 0 bridgehead atoms. The maximum atomic E-state index is 13.6. The van der Waals surface area contributed by atoms with E-state index in [4.69, 9.17) is 21.3 Å². The standard InChI is InChI=1S/C16H16ClFN4O/c1-3-10(4-2)15-21-14(8-19)16(23-15)22-20-9-11-12(17)6-5-7-13(11)18/h5-7,9-10,22H,3-4H2,1-2H3. The van der Waals surface area contributed by atoms with Gasteiger partial charge in [-0.15, -0.1) is 0 Å². The predicted molar refractivity (Wildman–Crippen MR) is 87.2 cm³/mol. The van der Waals surface area contributed by atoms with Gasteiger partial charge in [-0.25, -0.2) is 14.8 Å². The second kappa shape index (κ2) is 7.75. The summed E-state index contributed by atoms with van der Waals surface area (Å²) in [5, 5.41) is 13.2. The highest BCUT2D eigenvalue weighted by Gasteiger charge is 2.18. The summed E-state index contributed by atoms with van der Waals surface area (Å²) < 4.78 is 19.2. The van der Waals surface area contributed by atoms with Crippen LogP contribution in [0.2, 0.25) is 5.02 Å². The van der Waals surface area contributed by atoms with Crippen LogP contribution in [0.3, 0.4) is 0 Å². The Balaban J connectivity index is 2.20. The average Bonchev–Trinajstić information content (AvgIpc) is 2.94. The molecule has 2 aromatic rings. The van der Waals surface area contributed by atoms with Crippen molar-refractivity contribution in [3.63, 3.8) is 0 Å². The lowest BCUT2D eigenvalue weighted by molar-refractivity contribution is 0.439. The largest absolute Gasteiger partial charge is 0.422 e. The SMILES string of the molecule is CCC(CC)c1nc(C#N)c(NN=Cc2c(F)cccc2Cl)o1. The molecule has 0 atom stereocenters. The quantitative estimate of drug-likeness (QED) is 0.614. The average molecular weight is 335 g/mol. The summed E-state index contributed by atoms with van der Waals surface area (Å²) in [5.74, 6) is 0.285. The molecule has 0 saturated heterocycles. The number of hydrogen-bond donors (Lipinski definition) is 1. The summed E-state index contributed by atoms with van der Waals surface area (Å²) in [6.45, 7) is 4.05. The Labute approximate surface area is 138 Å². The van der Waals surface area contributed by atoms with E-state index in [-0.39, 0.29) is 28.1 Å². The second-order valence-corrected chi connectivity index (χ2v) is 5.27. The monoisotopic (exact) mass is 334 g/mol. The zero-order chi connectivity index (χ0) is 16.8. The van der Waals surface area contributed by atoms with Gasteiger partial charge in [0.05, 0.1) is 11.2 Å². The number of hydrogen-bond acceptors (Lipinski definition) is 5. The summed E-state index contributed by atoms with van der Waals surface area (Å²) in [6.07, 6.45) is 2.95. The lowest BCUT2D eigenvalue weighted by atomic mass is 10.0. The van der Waals surface area contributed by atoms with Crippen molar-refractivity contribution in [2.45, 2.75) is 32.6 Å². The highest BCUT2D eigenvalue weighted by Crippen LogP contribution is 2.27. The van der Waals surface area contributed by atoms with Crippen molar-refractivity contribution < 1.29 is 8.81 Å².